The summed E-state index contributed by atoms with van der Waals surface area (Å²) < 4.78 is 5.44. The number of methoxy groups -OCH3 is 1. The Bertz CT molecular complexity index is 369. The molecule has 0 amide bonds. The maximum Gasteiger partial charge on any atom is 0.122 e. The minimum atomic E-state index is 0. The Morgan fingerprint density at radius 2 is 1.41 bits per heavy atom. The first kappa shape index (κ1) is 16.4. The summed E-state index contributed by atoms with van der Waals surface area (Å²) in [5.41, 5.74) is 2.94. The van der Waals surface area contributed by atoms with Crippen molar-refractivity contribution in [2.45, 2.75) is 52.4 Å². The van der Waals surface area contributed by atoms with Crippen molar-refractivity contribution in [1.82, 2.24) is 0 Å². The molecule has 0 saturated heterocycles. The molecule has 0 heterocycles. The molecular formula is C15H27OP. The lowest BCUT2D eigenvalue weighted by atomic mass is 9.80. The van der Waals surface area contributed by atoms with E-state index in [1.165, 1.54) is 11.1 Å². The summed E-state index contributed by atoms with van der Waals surface area (Å²) in [4.78, 5) is 0. The van der Waals surface area contributed by atoms with Crippen LogP contribution in [0.1, 0.15) is 52.7 Å². The fraction of sp³-hybridized carbons (Fsp3) is 0.600. The Morgan fingerprint density at radius 1 is 0.882 bits per heavy atom. The molecule has 0 fully saturated rings. The maximum atomic E-state index is 5.44. The molecule has 1 aromatic carbocycles. The first-order chi connectivity index (χ1) is 7.16. The molecule has 98 valence electrons. The highest BCUT2D eigenvalue weighted by molar-refractivity contribution is 6.92. The Labute approximate surface area is 110 Å². The van der Waals surface area contributed by atoms with Crippen LogP contribution in [0.3, 0.4) is 0 Å². The van der Waals surface area contributed by atoms with Gasteiger partial charge in [-0.25, -0.2) is 0 Å². The fourth-order valence-electron chi connectivity index (χ4n) is 1.76. The zero-order valence-electron chi connectivity index (χ0n) is 12.3. The zero-order valence-corrected chi connectivity index (χ0v) is 13.8. The van der Waals surface area contributed by atoms with E-state index in [0.717, 1.165) is 5.75 Å². The molecule has 0 saturated carbocycles. The highest BCUT2D eigenvalue weighted by atomic mass is 31.0. The summed E-state index contributed by atoms with van der Waals surface area (Å²) in [6, 6.07) is 6.52. The van der Waals surface area contributed by atoms with Gasteiger partial charge in [-0.05, 0) is 28.0 Å². The van der Waals surface area contributed by atoms with Gasteiger partial charge < -0.3 is 4.74 Å². The minimum absolute atomic E-state index is 0. The SMILES string of the molecule is COc1ccc(C(C)(C)C)cc1C(C)(C)C.P. The van der Waals surface area contributed by atoms with Crippen molar-refractivity contribution in [2.75, 3.05) is 7.11 Å². The van der Waals surface area contributed by atoms with Crippen LogP contribution in [0, 0.1) is 0 Å². The Morgan fingerprint density at radius 3 is 1.76 bits per heavy atom. The molecule has 0 aliphatic heterocycles. The average molecular weight is 254 g/mol. The van der Waals surface area contributed by atoms with E-state index in [9.17, 15) is 0 Å². The molecule has 0 aliphatic rings. The van der Waals surface area contributed by atoms with Gasteiger partial charge in [-0.3, -0.25) is 0 Å². The van der Waals surface area contributed by atoms with Crippen LogP contribution in [0.15, 0.2) is 18.2 Å². The number of ether oxygens (including phenoxy) is 1. The molecule has 0 aliphatic carbocycles. The predicted octanol–water partition coefficient (Wildman–Crippen LogP) is 4.35. The van der Waals surface area contributed by atoms with Gasteiger partial charge in [0.15, 0.2) is 0 Å². The standard InChI is InChI=1S/C15H24O.H3P/c1-14(2,3)11-8-9-13(16-7)12(10-11)15(4,5)6;/h8-10H,1-7H3;1H3. The van der Waals surface area contributed by atoms with Gasteiger partial charge in [-0.2, -0.15) is 9.90 Å². The van der Waals surface area contributed by atoms with Crippen molar-refractivity contribution in [3.8, 4) is 5.75 Å². The van der Waals surface area contributed by atoms with Crippen molar-refractivity contribution in [1.29, 1.82) is 0 Å². The summed E-state index contributed by atoms with van der Waals surface area (Å²) in [6.07, 6.45) is 0. The van der Waals surface area contributed by atoms with Gasteiger partial charge in [0.1, 0.15) is 5.75 Å². The van der Waals surface area contributed by atoms with Crippen LogP contribution < -0.4 is 4.74 Å². The van der Waals surface area contributed by atoms with Crippen LogP contribution in [-0.4, -0.2) is 7.11 Å². The molecule has 1 nitrogen and oxygen atoms in total. The minimum Gasteiger partial charge on any atom is -0.496 e. The lowest BCUT2D eigenvalue weighted by molar-refractivity contribution is 0.396. The molecule has 0 bridgehead atoms. The molecule has 1 unspecified atom stereocenters. The summed E-state index contributed by atoms with van der Waals surface area (Å²) >= 11 is 0. The molecule has 1 aromatic rings. The van der Waals surface area contributed by atoms with Crippen molar-refractivity contribution >= 4 is 9.90 Å². The quantitative estimate of drug-likeness (QED) is 0.677. The summed E-state index contributed by atoms with van der Waals surface area (Å²) in [5, 5.41) is 0. The summed E-state index contributed by atoms with van der Waals surface area (Å²) in [6.45, 7) is 13.4. The molecule has 0 aromatic heterocycles. The number of benzene rings is 1. The number of hydrogen-bond donors (Lipinski definition) is 0. The van der Waals surface area contributed by atoms with E-state index in [2.05, 4.69) is 59.7 Å². The van der Waals surface area contributed by atoms with Crippen LogP contribution in [-0.2, 0) is 10.8 Å². The normalized spacial score (nSPS) is 11.9. The van der Waals surface area contributed by atoms with E-state index < -0.39 is 0 Å². The smallest absolute Gasteiger partial charge is 0.122 e. The van der Waals surface area contributed by atoms with Crippen LogP contribution in [0.25, 0.3) is 0 Å². The summed E-state index contributed by atoms with van der Waals surface area (Å²) in [5.74, 6) is 0.987. The lowest BCUT2D eigenvalue weighted by Crippen LogP contribution is -2.17. The molecule has 1 atom stereocenters. The molecule has 0 N–H and O–H groups in total. The number of hydrogen-bond acceptors (Lipinski definition) is 1. The van der Waals surface area contributed by atoms with E-state index in [-0.39, 0.29) is 20.7 Å². The second-order valence-electron chi connectivity index (χ2n) is 6.42. The van der Waals surface area contributed by atoms with Gasteiger partial charge in [-0.15, -0.1) is 0 Å². The number of rotatable bonds is 1. The predicted molar refractivity (Wildman–Crippen MR) is 81.5 cm³/mol. The van der Waals surface area contributed by atoms with Gasteiger partial charge in [0.2, 0.25) is 0 Å². The van der Waals surface area contributed by atoms with Crippen molar-refractivity contribution in [3.05, 3.63) is 29.3 Å². The largest absolute Gasteiger partial charge is 0.496 e. The molecule has 0 spiro atoms. The molecule has 0 radical (unpaired) electrons. The molecule has 1 rings (SSSR count). The maximum absolute atomic E-state index is 5.44. The lowest BCUT2D eigenvalue weighted by Gasteiger charge is -2.26. The van der Waals surface area contributed by atoms with E-state index in [1.807, 2.05) is 0 Å². The van der Waals surface area contributed by atoms with Crippen molar-refractivity contribution < 1.29 is 4.74 Å². The molecule has 17 heavy (non-hydrogen) atoms. The first-order valence-electron chi connectivity index (χ1n) is 5.85. The Balaban J connectivity index is 0.00000256. The van der Waals surface area contributed by atoms with Crippen LogP contribution in [0.2, 0.25) is 0 Å². The zero-order chi connectivity index (χ0) is 12.6. The highest BCUT2D eigenvalue weighted by Crippen LogP contribution is 2.35. The van der Waals surface area contributed by atoms with Crippen LogP contribution in [0.5, 0.6) is 5.75 Å². The second-order valence-corrected chi connectivity index (χ2v) is 6.42. The fourth-order valence-corrected chi connectivity index (χ4v) is 1.76. The van der Waals surface area contributed by atoms with E-state index >= 15 is 0 Å². The van der Waals surface area contributed by atoms with E-state index in [4.69, 9.17) is 4.74 Å². The Hall–Kier alpha value is -0.550. The average Bonchev–Trinajstić information content (AvgIpc) is 2.14. The third kappa shape index (κ3) is 4.00. The van der Waals surface area contributed by atoms with Crippen molar-refractivity contribution in [3.63, 3.8) is 0 Å². The molecule has 2 heteroatoms. The monoisotopic (exact) mass is 254 g/mol. The van der Waals surface area contributed by atoms with Crippen LogP contribution >= 0.6 is 9.90 Å². The topological polar surface area (TPSA) is 9.23 Å². The third-order valence-corrected chi connectivity index (χ3v) is 2.87. The van der Waals surface area contributed by atoms with Gasteiger partial charge >= 0.3 is 0 Å². The summed E-state index contributed by atoms with van der Waals surface area (Å²) in [7, 11) is 1.74. The van der Waals surface area contributed by atoms with Crippen LogP contribution in [0.4, 0.5) is 0 Å². The second kappa shape index (κ2) is 5.40. The Kier molecular flexibility index (Phi) is 5.22. The first-order valence-corrected chi connectivity index (χ1v) is 5.85. The van der Waals surface area contributed by atoms with Gasteiger partial charge in [-0.1, -0.05) is 53.7 Å². The third-order valence-electron chi connectivity index (χ3n) is 2.87. The van der Waals surface area contributed by atoms with Gasteiger partial charge in [0, 0.05) is 0 Å². The van der Waals surface area contributed by atoms with E-state index in [0.29, 0.717) is 0 Å². The van der Waals surface area contributed by atoms with Gasteiger partial charge in [0.05, 0.1) is 7.11 Å². The highest BCUT2D eigenvalue weighted by Gasteiger charge is 2.22. The van der Waals surface area contributed by atoms with Crippen molar-refractivity contribution in [2.24, 2.45) is 0 Å². The molecular weight excluding hydrogens is 227 g/mol. The van der Waals surface area contributed by atoms with E-state index in [1.54, 1.807) is 7.11 Å². The van der Waals surface area contributed by atoms with Gasteiger partial charge in [0.25, 0.3) is 0 Å².